The van der Waals surface area contributed by atoms with Crippen molar-refractivity contribution in [3.8, 4) is 0 Å². The van der Waals surface area contributed by atoms with Crippen LogP contribution in [0.2, 0.25) is 0 Å². The fourth-order valence-corrected chi connectivity index (χ4v) is 3.65. The van der Waals surface area contributed by atoms with E-state index in [0.29, 0.717) is 32.5 Å². The van der Waals surface area contributed by atoms with E-state index in [2.05, 4.69) is 4.72 Å². The molecular weight excluding hydrogens is 300 g/mol. The van der Waals surface area contributed by atoms with Crippen LogP contribution in [-0.2, 0) is 24.5 Å². The number of nitrogens with zero attached hydrogens (tertiary/aromatic N) is 1. The van der Waals surface area contributed by atoms with Gasteiger partial charge in [0.1, 0.15) is 6.04 Å². The predicted molar refractivity (Wildman–Crippen MR) is 75.9 cm³/mol. The summed E-state index contributed by atoms with van der Waals surface area (Å²) in [6, 6.07) is -1.01. The molecule has 0 radical (unpaired) electrons. The van der Waals surface area contributed by atoms with Gasteiger partial charge in [0.25, 0.3) is 10.2 Å². The second kappa shape index (κ2) is 8.64. The van der Waals surface area contributed by atoms with Crippen molar-refractivity contribution in [3.05, 3.63) is 0 Å². The van der Waals surface area contributed by atoms with Crippen LogP contribution in [0.25, 0.3) is 0 Å². The van der Waals surface area contributed by atoms with Crippen LogP contribution in [0.15, 0.2) is 0 Å². The highest BCUT2D eigenvalue weighted by Gasteiger charge is 2.36. The average molecular weight is 324 g/mol. The van der Waals surface area contributed by atoms with Gasteiger partial charge in [-0.2, -0.15) is 17.4 Å². The third-order valence-corrected chi connectivity index (χ3v) is 4.77. The first kappa shape index (κ1) is 18.3. The third-order valence-electron chi connectivity index (χ3n) is 3.18. The summed E-state index contributed by atoms with van der Waals surface area (Å²) < 4.78 is 38.4. The second-order valence-corrected chi connectivity index (χ2v) is 6.36. The fraction of sp³-hybridized carbons (Fsp3) is 0.917. The van der Waals surface area contributed by atoms with Crippen LogP contribution in [0.4, 0.5) is 0 Å². The number of rotatable bonds is 9. The molecule has 9 heteroatoms. The van der Waals surface area contributed by atoms with Crippen molar-refractivity contribution in [2.24, 2.45) is 0 Å². The Labute approximate surface area is 125 Å². The molecule has 1 fully saturated rings. The number of hydrogen-bond donors (Lipinski definition) is 2. The Kier molecular flexibility index (Phi) is 7.53. The maximum absolute atomic E-state index is 12.3. The molecule has 21 heavy (non-hydrogen) atoms. The van der Waals surface area contributed by atoms with Crippen molar-refractivity contribution in [1.82, 2.24) is 9.03 Å². The van der Waals surface area contributed by atoms with E-state index >= 15 is 0 Å². The number of ether oxygens (including phenoxy) is 2. The van der Waals surface area contributed by atoms with Crippen molar-refractivity contribution in [3.63, 3.8) is 0 Å². The first-order valence-corrected chi connectivity index (χ1v) is 8.58. The van der Waals surface area contributed by atoms with E-state index in [-0.39, 0.29) is 13.1 Å². The van der Waals surface area contributed by atoms with Gasteiger partial charge in [0, 0.05) is 19.8 Å². The van der Waals surface area contributed by atoms with Crippen LogP contribution >= 0.6 is 0 Å². The maximum Gasteiger partial charge on any atom is 0.322 e. The fourth-order valence-electron chi connectivity index (χ4n) is 2.23. The molecular formula is C12H24N2O6S. The molecule has 1 saturated heterocycles. The highest BCUT2D eigenvalue weighted by atomic mass is 32.2. The molecule has 0 aromatic rings. The molecule has 0 saturated carbocycles. The van der Waals surface area contributed by atoms with E-state index in [4.69, 9.17) is 14.6 Å². The largest absolute Gasteiger partial charge is 0.480 e. The molecule has 8 nitrogen and oxygen atoms in total. The maximum atomic E-state index is 12.3. The molecule has 1 rings (SSSR count). The topological polar surface area (TPSA) is 105 Å². The number of hydrogen-bond acceptors (Lipinski definition) is 5. The summed E-state index contributed by atoms with van der Waals surface area (Å²) in [6.45, 7) is 4.52. The van der Waals surface area contributed by atoms with E-state index in [1.165, 1.54) is 0 Å². The lowest BCUT2D eigenvalue weighted by Crippen LogP contribution is -2.53. The number of piperidine rings is 1. The van der Waals surface area contributed by atoms with E-state index in [1.807, 2.05) is 0 Å². The monoisotopic (exact) mass is 324 g/mol. The van der Waals surface area contributed by atoms with Gasteiger partial charge in [0.2, 0.25) is 0 Å². The van der Waals surface area contributed by atoms with Gasteiger partial charge in [-0.05, 0) is 33.1 Å². The average Bonchev–Trinajstić information content (AvgIpc) is 2.45. The van der Waals surface area contributed by atoms with E-state index in [1.54, 1.807) is 13.8 Å². The van der Waals surface area contributed by atoms with Gasteiger partial charge < -0.3 is 14.6 Å². The van der Waals surface area contributed by atoms with Crippen molar-refractivity contribution in [1.29, 1.82) is 0 Å². The zero-order valence-corrected chi connectivity index (χ0v) is 13.3. The second-order valence-electron chi connectivity index (χ2n) is 4.65. The Bertz CT molecular complexity index is 421. The van der Waals surface area contributed by atoms with Crippen LogP contribution in [0.3, 0.4) is 0 Å². The number of nitrogens with one attached hydrogen (secondary N) is 1. The summed E-state index contributed by atoms with van der Waals surface area (Å²) in [5.74, 6) is -1.12. The summed E-state index contributed by atoms with van der Waals surface area (Å²) >= 11 is 0. The summed E-state index contributed by atoms with van der Waals surface area (Å²) in [4.78, 5) is 11.2. The van der Waals surface area contributed by atoms with E-state index in [9.17, 15) is 13.2 Å². The molecule has 0 aliphatic carbocycles. The summed E-state index contributed by atoms with van der Waals surface area (Å²) in [6.07, 6.45) is 1.02. The minimum Gasteiger partial charge on any atom is -0.480 e. The van der Waals surface area contributed by atoms with Crippen LogP contribution in [0.1, 0.15) is 33.1 Å². The van der Waals surface area contributed by atoms with Crippen molar-refractivity contribution in [2.45, 2.75) is 45.4 Å². The Morgan fingerprint density at radius 2 is 1.95 bits per heavy atom. The predicted octanol–water partition coefficient (Wildman–Crippen LogP) is 0.159. The van der Waals surface area contributed by atoms with Crippen molar-refractivity contribution in [2.75, 3.05) is 26.3 Å². The van der Waals surface area contributed by atoms with Gasteiger partial charge in [-0.15, -0.1) is 0 Å². The molecule has 2 N–H and O–H groups in total. The van der Waals surface area contributed by atoms with Crippen LogP contribution < -0.4 is 4.72 Å². The highest BCUT2D eigenvalue weighted by Crippen LogP contribution is 2.20. The van der Waals surface area contributed by atoms with Gasteiger partial charge in [0.05, 0.1) is 6.54 Å². The first-order valence-electron chi connectivity index (χ1n) is 7.14. The molecule has 0 aromatic carbocycles. The third kappa shape index (κ3) is 5.51. The van der Waals surface area contributed by atoms with Crippen LogP contribution in [-0.4, -0.2) is 62.4 Å². The van der Waals surface area contributed by atoms with Crippen LogP contribution in [0, 0.1) is 0 Å². The SMILES string of the molecule is CCOC(CNS(=O)(=O)N1CCCCC1C(=O)O)OCC. The lowest BCUT2D eigenvalue weighted by molar-refractivity contribution is -0.142. The van der Waals surface area contributed by atoms with Gasteiger partial charge in [0.15, 0.2) is 6.29 Å². The first-order chi connectivity index (χ1) is 9.92. The summed E-state index contributed by atoms with van der Waals surface area (Å²) in [5, 5.41) is 9.13. The highest BCUT2D eigenvalue weighted by molar-refractivity contribution is 7.87. The molecule has 1 aliphatic rings. The number of carbonyl (C=O) groups is 1. The lowest BCUT2D eigenvalue weighted by Gasteiger charge is -2.32. The Balaban J connectivity index is 2.68. The smallest absolute Gasteiger partial charge is 0.322 e. The standard InChI is InChI=1S/C12H24N2O6S/c1-3-19-11(20-4-2)9-13-21(17,18)14-8-6-5-7-10(14)12(15)16/h10-11,13H,3-9H2,1-2H3,(H,15,16). The van der Waals surface area contributed by atoms with Crippen molar-refractivity contribution < 1.29 is 27.8 Å². The Hall–Kier alpha value is -0.740. The molecule has 0 amide bonds. The van der Waals surface area contributed by atoms with Gasteiger partial charge in [-0.1, -0.05) is 0 Å². The molecule has 1 unspecified atom stereocenters. The quantitative estimate of drug-likeness (QED) is 0.585. The van der Waals surface area contributed by atoms with E-state index < -0.39 is 28.5 Å². The molecule has 124 valence electrons. The Morgan fingerprint density at radius 3 is 2.48 bits per heavy atom. The van der Waals surface area contributed by atoms with E-state index in [0.717, 1.165) is 4.31 Å². The number of carboxylic acids is 1. The summed E-state index contributed by atoms with van der Waals surface area (Å²) in [5.41, 5.74) is 0. The minimum atomic E-state index is -3.87. The van der Waals surface area contributed by atoms with Gasteiger partial charge >= 0.3 is 5.97 Å². The minimum absolute atomic E-state index is 0.0488. The molecule has 1 heterocycles. The number of aliphatic carboxylic acids is 1. The molecule has 0 aromatic heterocycles. The molecule has 1 atom stereocenters. The Morgan fingerprint density at radius 1 is 1.33 bits per heavy atom. The zero-order valence-electron chi connectivity index (χ0n) is 12.4. The van der Waals surface area contributed by atoms with Crippen molar-refractivity contribution >= 4 is 16.2 Å². The number of carboxylic acid groups (broad SMARTS) is 1. The lowest BCUT2D eigenvalue weighted by atomic mass is 10.1. The van der Waals surface area contributed by atoms with Crippen LogP contribution in [0.5, 0.6) is 0 Å². The van der Waals surface area contributed by atoms with Gasteiger partial charge in [-0.25, -0.2) is 0 Å². The zero-order chi connectivity index (χ0) is 15.9. The summed E-state index contributed by atoms with van der Waals surface area (Å²) in [7, 11) is -3.87. The molecule has 0 spiro atoms. The molecule has 0 bridgehead atoms. The van der Waals surface area contributed by atoms with Gasteiger partial charge in [-0.3, -0.25) is 4.79 Å². The molecule has 1 aliphatic heterocycles. The normalized spacial score (nSPS) is 20.8.